The third-order valence-corrected chi connectivity index (χ3v) is 7.45. The molecule has 0 radical (unpaired) electrons. The van der Waals surface area contributed by atoms with Gasteiger partial charge in [-0.15, -0.1) is 0 Å². The molecule has 0 spiro atoms. The molecule has 170 valence electrons. The molecule has 1 aliphatic heterocycles. The molecule has 9 nitrogen and oxygen atoms in total. The molecule has 2 aromatic heterocycles. The maximum atomic E-state index is 12.9. The van der Waals surface area contributed by atoms with E-state index < -0.39 is 10.0 Å². The summed E-state index contributed by atoms with van der Waals surface area (Å²) >= 11 is 0. The summed E-state index contributed by atoms with van der Waals surface area (Å²) in [6.45, 7) is 3.10. The maximum Gasteiger partial charge on any atom is 0.254 e. The van der Waals surface area contributed by atoms with Gasteiger partial charge in [-0.2, -0.15) is 0 Å². The summed E-state index contributed by atoms with van der Waals surface area (Å²) in [4.78, 5) is 27.6. The monoisotopic (exact) mass is 465 g/mol. The third kappa shape index (κ3) is 4.51. The fourth-order valence-corrected chi connectivity index (χ4v) is 5.20. The number of ether oxygens (including phenoxy) is 1. The highest BCUT2D eigenvalue weighted by atomic mass is 32.2. The van der Waals surface area contributed by atoms with Gasteiger partial charge in [-0.25, -0.2) is 13.4 Å². The van der Waals surface area contributed by atoms with Gasteiger partial charge in [-0.1, -0.05) is 6.07 Å². The van der Waals surface area contributed by atoms with Crippen LogP contribution in [0, 0.1) is 0 Å². The molecule has 3 heterocycles. The average molecular weight is 466 g/mol. The van der Waals surface area contributed by atoms with Gasteiger partial charge in [0.05, 0.1) is 47.9 Å². The molecule has 1 aliphatic carbocycles. The molecule has 0 unspecified atom stereocenters. The minimum Gasteiger partial charge on any atom is -0.477 e. The van der Waals surface area contributed by atoms with Crippen molar-refractivity contribution in [3.63, 3.8) is 0 Å². The van der Waals surface area contributed by atoms with Crippen molar-refractivity contribution in [2.45, 2.75) is 38.1 Å². The Morgan fingerprint density at radius 1 is 1.18 bits per heavy atom. The Morgan fingerprint density at radius 2 is 2.03 bits per heavy atom. The van der Waals surface area contributed by atoms with Crippen LogP contribution < -0.4 is 9.46 Å². The average Bonchev–Trinajstić information content (AvgIpc) is 3.61. The van der Waals surface area contributed by atoms with E-state index in [-0.39, 0.29) is 17.7 Å². The Balaban J connectivity index is 1.32. The number of anilines is 1. The van der Waals surface area contributed by atoms with Crippen LogP contribution in [0.2, 0.25) is 0 Å². The SMILES string of the molecule is CCOc1cncc(-c2ccc3c(c2)CN(Cc2cc(NS(=O)(=O)C4CC4)ccn2)C3=O)n1. The van der Waals surface area contributed by atoms with E-state index in [0.717, 1.165) is 11.1 Å². The second-order valence-corrected chi connectivity index (χ2v) is 10.1. The summed E-state index contributed by atoms with van der Waals surface area (Å²) in [5.74, 6) is 0.368. The van der Waals surface area contributed by atoms with Crippen LogP contribution in [0.3, 0.4) is 0 Å². The highest BCUT2D eigenvalue weighted by molar-refractivity contribution is 7.93. The zero-order valence-corrected chi connectivity index (χ0v) is 18.9. The van der Waals surface area contributed by atoms with E-state index >= 15 is 0 Å². The molecular weight excluding hydrogens is 442 g/mol. The molecule has 1 saturated carbocycles. The summed E-state index contributed by atoms with van der Waals surface area (Å²) in [5.41, 5.74) is 4.14. The fraction of sp³-hybridized carbons (Fsp3) is 0.304. The van der Waals surface area contributed by atoms with Gasteiger partial charge in [0.25, 0.3) is 5.91 Å². The largest absolute Gasteiger partial charge is 0.477 e. The van der Waals surface area contributed by atoms with Crippen LogP contribution in [0.4, 0.5) is 5.69 Å². The molecule has 1 amide bonds. The van der Waals surface area contributed by atoms with E-state index in [0.29, 0.717) is 54.5 Å². The van der Waals surface area contributed by atoms with Gasteiger partial charge in [0.1, 0.15) is 0 Å². The topological polar surface area (TPSA) is 114 Å². The first-order valence-electron chi connectivity index (χ1n) is 10.8. The molecule has 0 atom stereocenters. The minimum absolute atomic E-state index is 0.0866. The van der Waals surface area contributed by atoms with E-state index in [2.05, 4.69) is 19.7 Å². The number of hydrogen-bond acceptors (Lipinski definition) is 7. The standard InChI is InChI=1S/C23H23N5O4S/c1-2-32-22-12-24-11-21(26-22)15-3-6-20-16(9-15)13-28(23(20)29)14-18-10-17(7-8-25-18)27-33(30,31)19-4-5-19/h3,6-12,19H,2,4-5,13-14H2,1H3,(H,25,27). The quantitative estimate of drug-likeness (QED) is 0.544. The molecule has 5 rings (SSSR count). The molecule has 1 N–H and O–H groups in total. The van der Waals surface area contributed by atoms with E-state index in [1.54, 1.807) is 41.7 Å². The van der Waals surface area contributed by atoms with Crippen molar-refractivity contribution in [2.24, 2.45) is 0 Å². The van der Waals surface area contributed by atoms with Gasteiger partial charge in [-0.3, -0.25) is 19.5 Å². The van der Waals surface area contributed by atoms with Gasteiger partial charge < -0.3 is 9.64 Å². The molecule has 0 bridgehead atoms. The second-order valence-electron chi connectivity index (χ2n) is 8.09. The molecule has 1 fully saturated rings. The highest BCUT2D eigenvalue weighted by Crippen LogP contribution is 2.31. The Kier molecular flexibility index (Phi) is 5.45. The van der Waals surface area contributed by atoms with Crippen molar-refractivity contribution in [1.82, 2.24) is 19.9 Å². The molecule has 33 heavy (non-hydrogen) atoms. The lowest BCUT2D eigenvalue weighted by molar-refractivity contribution is 0.0764. The third-order valence-electron chi connectivity index (χ3n) is 5.58. The highest BCUT2D eigenvalue weighted by Gasteiger charge is 2.35. The number of nitrogens with zero attached hydrogens (tertiary/aromatic N) is 4. The summed E-state index contributed by atoms with van der Waals surface area (Å²) in [7, 11) is -3.35. The summed E-state index contributed by atoms with van der Waals surface area (Å²) < 4.78 is 32.5. The van der Waals surface area contributed by atoms with E-state index in [1.165, 1.54) is 0 Å². The number of benzene rings is 1. The number of carbonyl (C=O) groups is 1. The van der Waals surface area contributed by atoms with Crippen molar-refractivity contribution in [3.05, 3.63) is 65.7 Å². The van der Waals surface area contributed by atoms with Crippen LogP contribution in [0.1, 0.15) is 41.4 Å². The van der Waals surface area contributed by atoms with Crippen molar-refractivity contribution in [1.29, 1.82) is 0 Å². The number of nitrogens with one attached hydrogen (secondary N) is 1. The number of fused-ring (bicyclic) bond motifs is 1. The first-order valence-corrected chi connectivity index (χ1v) is 12.3. The van der Waals surface area contributed by atoms with Crippen molar-refractivity contribution in [3.8, 4) is 17.1 Å². The summed E-state index contributed by atoms with van der Waals surface area (Å²) in [6.07, 6.45) is 6.17. The van der Waals surface area contributed by atoms with Crippen LogP contribution in [0.15, 0.2) is 48.9 Å². The lowest BCUT2D eigenvalue weighted by Gasteiger charge is -2.16. The van der Waals surface area contributed by atoms with E-state index in [4.69, 9.17) is 4.74 Å². The molecule has 2 aliphatic rings. The first kappa shape index (κ1) is 21.3. The zero-order chi connectivity index (χ0) is 23.0. The van der Waals surface area contributed by atoms with E-state index in [9.17, 15) is 13.2 Å². The molecule has 3 aromatic rings. The number of pyridine rings is 1. The molecule has 0 saturated heterocycles. The Morgan fingerprint density at radius 3 is 2.82 bits per heavy atom. The number of hydrogen-bond donors (Lipinski definition) is 1. The molecular formula is C23H23N5O4S. The second kappa shape index (κ2) is 8.43. The van der Waals surface area contributed by atoms with Crippen LogP contribution in [-0.2, 0) is 23.1 Å². The van der Waals surface area contributed by atoms with Crippen LogP contribution in [-0.4, -0.2) is 46.0 Å². The van der Waals surface area contributed by atoms with Crippen molar-refractivity contribution < 1.29 is 17.9 Å². The van der Waals surface area contributed by atoms with Gasteiger partial charge in [0, 0.05) is 23.9 Å². The lowest BCUT2D eigenvalue weighted by atomic mass is 10.0. The number of aromatic nitrogens is 3. The molecule has 1 aromatic carbocycles. The Hall–Kier alpha value is -3.53. The first-order chi connectivity index (χ1) is 15.9. The van der Waals surface area contributed by atoms with Gasteiger partial charge >= 0.3 is 0 Å². The lowest BCUT2D eigenvalue weighted by Crippen LogP contribution is -2.24. The number of amides is 1. The van der Waals surface area contributed by atoms with Crippen LogP contribution in [0.25, 0.3) is 11.3 Å². The van der Waals surface area contributed by atoms with E-state index in [1.807, 2.05) is 19.1 Å². The summed E-state index contributed by atoms with van der Waals surface area (Å²) in [6, 6.07) is 8.89. The normalized spacial score (nSPS) is 15.4. The van der Waals surface area contributed by atoms with Gasteiger partial charge in [-0.05, 0) is 49.6 Å². The predicted molar refractivity (Wildman–Crippen MR) is 122 cm³/mol. The number of carbonyl (C=O) groups excluding carboxylic acids is 1. The van der Waals surface area contributed by atoms with Gasteiger partial charge in [0.15, 0.2) is 0 Å². The summed E-state index contributed by atoms with van der Waals surface area (Å²) in [5, 5.41) is -0.308. The molecule has 10 heteroatoms. The Bertz CT molecular complexity index is 1320. The van der Waals surface area contributed by atoms with Crippen LogP contribution >= 0.6 is 0 Å². The van der Waals surface area contributed by atoms with Gasteiger partial charge in [0.2, 0.25) is 15.9 Å². The van der Waals surface area contributed by atoms with Crippen molar-refractivity contribution in [2.75, 3.05) is 11.3 Å². The smallest absolute Gasteiger partial charge is 0.254 e. The predicted octanol–water partition coefficient (Wildman–Crippen LogP) is 3.00. The van der Waals surface area contributed by atoms with Crippen molar-refractivity contribution >= 4 is 21.6 Å². The fourth-order valence-electron chi connectivity index (χ4n) is 3.82. The zero-order valence-electron chi connectivity index (χ0n) is 18.1. The number of sulfonamides is 1. The maximum absolute atomic E-state index is 12.9. The minimum atomic E-state index is -3.35. The Labute approximate surface area is 191 Å². The van der Waals surface area contributed by atoms with Crippen LogP contribution in [0.5, 0.6) is 5.88 Å². The number of rotatable bonds is 8.